The van der Waals surface area contributed by atoms with Gasteiger partial charge in [-0.3, -0.25) is 4.79 Å². The molecule has 0 aliphatic carbocycles. The first-order valence-electron chi connectivity index (χ1n) is 6.87. The molecule has 21 heavy (non-hydrogen) atoms. The number of carboxylic acids is 1. The maximum absolute atomic E-state index is 11.6. The minimum atomic E-state index is -1.12. The molecule has 0 bridgehead atoms. The normalized spacial score (nSPS) is 15.8. The van der Waals surface area contributed by atoms with E-state index in [2.05, 4.69) is 20.9 Å². The average Bonchev–Trinajstić information content (AvgIpc) is 2.95. The number of carbonyl (C=O) groups is 2. The van der Waals surface area contributed by atoms with Crippen LogP contribution < -0.4 is 10.6 Å². The summed E-state index contributed by atoms with van der Waals surface area (Å²) in [5, 5.41) is 21.8. The molecule has 1 aliphatic heterocycles. The lowest BCUT2D eigenvalue weighted by Crippen LogP contribution is -2.36. The third-order valence-electron chi connectivity index (χ3n) is 3.16. The van der Waals surface area contributed by atoms with E-state index in [4.69, 9.17) is 9.84 Å². The molecule has 2 heterocycles. The van der Waals surface area contributed by atoms with Crippen LogP contribution in [-0.4, -0.2) is 64.3 Å². The number of aromatic carboxylic acids is 1. The molecule has 1 amide bonds. The lowest BCUT2D eigenvalue weighted by Gasteiger charge is -2.22. The lowest BCUT2D eigenvalue weighted by molar-refractivity contribution is -0.128. The van der Waals surface area contributed by atoms with Crippen LogP contribution in [0.15, 0.2) is 6.20 Å². The van der Waals surface area contributed by atoms with Crippen molar-refractivity contribution in [2.45, 2.75) is 25.5 Å². The Morgan fingerprint density at radius 1 is 1.48 bits per heavy atom. The van der Waals surface area contributed by atoms with Gasteiger partial charge in [-0.1, -0.05) is 5.21 Å². The Morgan fingerprint density at radius 3 is 2.90 bits per heavy atom. The Hall–Kier alpha value is -2.00. The number of carboxylic acid groups (broad SMARTS) is 1. The summed E-state index contributed by atoms with van der Waals surface area (Å²) in [5.41, 5.74) is -0.115. The predicted molar refractivity (Wildman–Crippen MR) is 71.8 cm³/mol. The number of nitrogens with one attached hydrogen (secondary N) is 2. The van der Waals surface area contributed by atoms with Crippen LogP contribution in [0.5, 0.6) is 0 Å². The molecular weight excluding hydrogens is 278 g/mol. The zero-order chi connectivity index (χ0) is 15.1. The van der Waals surface area contributed by atoms with Gasteiger partial charge in [0.05, 0.1) is 18.8 Å². The van der Waals surface area contributed by atoms with Gasteiger partial charge in [0.25, 0.3) is 0 Å². The molecule has 0 aromatic carbocycles. The van der Waals surface area contributed by atoms with E-state index < -0.39 is 5.97 Å². The van der Waals surface area contributed by atoms with E-state index in [-0.39, 0.29) is 24.3 Å². The summed E-state index contributed by atoms with van der Waals surface area (Å²) < 4.78 is 6.89. The van der Waals surface area contributed by atoms with E-state index in [1.807, 2.05) is 0 Å². The number of hydrogen-bond donors (Lipinski definition) is 3. The fraction of sp³-hybridized carbons (Fsp3) is 0.667. The summed E-state index contributed by atoms with van der Waals surface area (Å²) in [4.78, 5) is 22.2. The lowest BCUT2D eigenvalue weighted by atomic mass is 10.1. The van der Waals surface area contributed by atoms with Gasteiger partial charge >= 0.3 is 5.97 Å². The Labute approximate surface area is 121 Å². The summed E-state index contributed by atoms with van der Waals surface area (Å²) in [6, 6.07) is 0. The third kappa shape index (κ3) is 5.12. The van der Waals surface area contributed by atoms with Crippen molar-refractivity contribution in [1.29, 1.82) is 0 Å². The maximum atomic E-state index is 11.6. The number of hydrogen-bond acceptors (Lipinski definition) is 6. The van der Waals surface area contributed by atoms with Gasteiger partial charge in [0.2, 0.25) is 5.91 Å². The highest BCUT2D eigenvalue weighted by molar-refractivity contribution is 5.84. The SMILES string of the molecule is O=C(COC1CCNCC1)NCCn1cc(C(=O)O)nn1. The highest BCUT2D eigenvalue weighted by Crippen LogP contribution is 2.06. The second-order valence-electron chi connectivity index (χ2n) is 4.78. The molecule has 1 aromatic rings. The first-order valence-corrected chi connectivity index (χ1v) is 6.87. The smallest absolute Gasteiger partial charge is 0.358 e. The number of nitrogens with zero attached hydrogens (tertiary/aromatic N) is 3. The molecule has 0 atom stereocenters. The van der Waals surface area contributed by atoms with Crippen molar-refractivity contribution in [3.8, 4) is 0 Å². The molecule has 3 N–H and O–H groups in total. The standard InChI is InChI=1S/C12H19N5O4/c18-11(8-21-9-1-3-13-4-2-9)14-5-6-17-7-10(12(19)20)15-16-17/h7,9,13H,1-6,8H2,(H,14,18)(H,19,20). The van der Waals surface area contributed by atoms with Crippen molar-refractivity contribution < 1.29 is 19.4 Å². The largest absolute Gasteiger partial charge is 0.476 e. The number of amides is 1. The molecule has 1 aliphatic rings. The van der Waals surface area contributed by atoms with Crippen LogP contribution in [0.25, 0.3) is 0 Å². The quantitative estimate of drug-likeness (QED) is 0.582. The van der Waals surface area contributed by atoms with Crippen molar-refractivity contribution in [2.24, 2.45) is 0 Å². The van der Waals surface area contributed by atoms with Crippen LogP contribution in [0.4, 0.5) is 0 Å². The summed E-state index contributed by atoms with van der Waals surface area (Å²) in [6.45, 7) is 2.59. The summed E-state index contributed by atoms with van der Waals surface area (Å²) in [7, 11) is 0. The summed E-state index contributed by atoms with van der Waals surface area (Å²) >= 11 is 0. The van der Waals surface area contributed by atoms with E-state index in [1.165, 1.54) is 10.9 Å². The number of aromatic nitrogens is 3. The van der Waals surface area contributed by atoms with Crippen LogP contribution in [0, 0.1) is 0 Å². The third-order valence-corrected chi connectivity index (χ3v) is 3.16. The van der Waals surface area contributed by atoms with Crippen LogP contribution in [0.3, 0.4) is 0 Å². The second kappa shape index (κ2) is 7.70. The molecule has 0 spiro atoms. The van der Waals surface area contributed by atoms with Crippen LogP contribution in [0.2, 0.25) is 0 Å². The van der Waals surface area contributed by atoms with Gasteiger partial charge < -0.3 is 20.5 Å². The predicted octanol–water partition coefficient (Wildman–Crippen LogP) is -1.14. The Bertz CT molecular complexity index is 484. The van der Waals surface area contributed by atoms with E-state index in [0.29, 0.717) is 13.1 Å². The van der Waals surface area contributed by atoms with Crippen molar-refractivity contribution in [2.75, 3.05) is 26.2 Å². The van der Waals surface area contributed by atoms with E-state index in [9.17, 15) is 9.59 Å². The number of carbonyl (C=O) groups excluding carboxylic acids is 1. The topological polar surface area (TPSA) is 118 Å². The van der Waals surface area contributed by atoms with Gasteiger partial charge in [-0.25, -0.2) is 9.48 Å². The first-order chi connectivity index (χ1) is 10.1. The van der Waals surface area contributed by atoms with Crippen LogP contribution in [0.1, 0.15) is 23.3 Å². The molecule has 2 rings (SSSR count). The molecule has 0 unspecified atom stereocenters. The van der Waals surface area contributed by atoms with Gasteiger partial charge in [-0.15, -0.1) is 5.10 Å². The molecule has 0 saturated carbocycles. The van der Waals surface area contributed by atoms with E-state index in [1.54, 1.807) is 0 Å². The van der Waals surface area contributed by atoms with Gasteiger partial charge in [-0.05, 0) is 25.9 Å². The van der Waals surface area contributed by atoms with Crippen molar-refractivity contribution in [3.63, 3.8) is 0 Å². The van der Waals surface area contributed by atoms with Crippen molar-refractivity contribution >= 4 is 11.9 Å². The average molecular weight is 297 g/mol. The monoisotopic (exact) mass is 297 g/mol. The fourth-order valence-electron chi connectivity index (χ4n) is 2.02. The van der Waals surface area contributed by atoms with Gasteiger partial charge in [0.1, 0.15) is 6.61 Å². The zero-order valence-electron chi connectivity index (χ0n) is 11.6. The Balaban J connectivity index is 1.61. The van der Waals surface area contributed by atoms with Gasteiger partial charge in [0, 0.05) is 6.54 Å². The van der Waals surface area contributed by atoms with Gasteiger partial charge in [-0.2, -0.15) is 0 Å². The van der Waals surface area contributed by atoms with E-state index >= 15 is 0 Å². The molecular formula is C12H19N5O4. The molecule has 1 aromatic heterocycles. The van der Waals surface area contributed by atoms with Crippen LogP contribution >= 0.6 is 0 Å². The minimum absolute atomic E-state index is 0.0440. The molecule has 116 valence electrons. The minimum Gasteiger partial charge on any atom is -0.476 e. The molecule has 9 nitrogen and oxygen atoms in total. The Kier molecular flexibility index (Phi) is 5.64. The molecule has 1 fully saturated rings. The van der Waals surface area contributed by atoms with Crippen LogP contribution in [-0.2, 0) is 16.1 Å². The molecule has 9 heteroatoms. The van der Waals surface area contributed by atoms with Crippen molar-refractivity contribution in [1.82, 2.24) is 25.6 Å². The van der Waals surface area contributed by atoms with E-state index in [0.717, 1.165) is 25.9 Å². The molecule has 0 radical (unpaired) electrons. The van der Waals surface area contributed by atoms with Gasteiger partial charge in [0.15, 0.2) is 5.69 Å². The number of ether oxygens (including phenoxy) is 1. The highest BCUT2D eigenvalue weighted by atomic mass is 16.5. The zero-order valence-corrected chi connectivity index (χ0v) is 11.6. The Morgan fingerprint density at radius 2 is 2.24 bits per heavy atom. The molecule has 1 saturated heterocycles. The second-order valence-corrected chi connectivity index (χ2v) is 4.78. The fourth-order valence-corrected chi connectivity index (χ4v) is 2.02. The summed E-state index contributed by atoms with van der Waals surface area (Å²) in [6.07, 6.45) is 3.31. The first kappa shape index (κ1) is 15.4. The van der Waals surface area contributed by atoms with Crippen molar-refractivity contribution in [3.05, 3.63) is 11.9 Å². The maximum Gasteiger partial charge on any atom is 0.358 e. The summed E-state index contributed by atoms with van der Waals surface area (Å²) in [5.74, 6) is -1.31. The number of piperidine rings is 1. The number of rotatable bonds is 7. The highest BCUT2D eigenvalue weighted by Gasteiger charge is 2.14.